The smallest absolute Gasteiger partial charge is 0.201 e. The highest BCUT2D eigenvalue weighted by Gasteiger charge is 2.17. The number of para-hydroxylation sites is 2. The van der Waals surface area contributed by atoms with Crippen LogP contribution in [-0.2, 0) is 12.8 Å². The topological polar surface area (TPSA) is 41.6 Å². The molecule has 2 aromatic carbocycles. The first-order valence-electron chi connectivity index (χ1n) is 8.37. The number of benzene rings is 2. The first-order chi connectivity index (χ1) is 11.1. The highest BCUT2D eigenvalue weighted by molar-refractivity contribution is 5.97. The highest BCUT2D eigenvalue weighted by atomic mass is 15.3. The summed E-state index contributed by atoms with van der Waals surface area (Å²) in [5, 5.41) is 0. The molecule has 0 aliphatic heterocycles. The normalized spacial score (nSPS) is 11.8. The number of hydrogen-bond donors (Lipinski definition) is 1. The molecule has 0 unspecified atom stereocenters. The Bertz CT molecular complexity index is 674. The Morgan fingerprint density at radius 2 is 1.52 bits per heavy atom. The van der Waals surface area contributed by atoms with Gasteiger partial charge in [0.1, 0.15) is 0 Å². The maximum Gasteiger partial charge on any atom is 0.201 e. The van der Waals surface area contributed by atoms with E-state index in [1.165, 1.54) is 11.1 Å². The van der Waals surface area contributed by atoms with Gasteiger partial charge in [-0.25, -0.2) is 4.99 Å². The summed E-state index contributed by atoms with van der Waals surface area (Å²) in [5.41, 5.74) is 11.0. The zero-order valence-electron chi connectivity index (χ0n) is 14.6. The lowest BCUT2D eigenvalue weighted by molar-refractivity contribution is 0.796. The third kappa shape index (κ3) is 3.92. The van der Waals surface area contributed by atoms with Gasteiger partial charge in [-0.05, 0) is 49.9 Å². The average Bonchev–Trinajstić information content (AvgIpc) is 2.55. The maximum absolute atomic E-state index is 6.41. The van der Waals surface area contributed by atoms with Crippen LogP contribution in [0, 0.1) is 0 Å². The largest absolute Gasteiger partial charge is 0.369 e. The first-order valence-corrected chi connectivity index (χ1v) is 8.37. The molecule has 3 heteroatoms. The molecule has 0 atom stereocenters. The number of nitrogens with zero attached hydrogens (tertiary/aromatic N) is 2. The number of hydrogen-bond acceptors (Lipinski definition) is 1. The molecular formula is C20H27N3. The third-order valence-corrected chi connectivity index (χ3v) is 4.00. The molecule has 0 spiro atoms. The molecule has 0 aliphatic rings. The number of anilines is 1. The molecule has 0 radical (unpaired) electrons. The summed E-state index contributed by atoms with van der Waals surface area (Å²) in [5.74, 6) is 0.543. The van der Waals surface area contributed by atoms with E-state index >= 15 is 0 Å². The summed E-state index contributed by atoms with van der Waals surface area (Å²) in [4.78, 5) is 6.84. The summed E-state index contributed by atoms with van der Waals surface area (Å²) in [6, 6.07) is 16.8. The number of guanidine groups is 1. The van der Waals surface area contributed by atoms with Crippen molar-refractivity contribution in [2.45, 2.75) is 46.6 Å². The van der Waals surface area contributed by atoms with E-state index in [1.54, 1.807) is 0 Å². The lowest BCUT2D eigenvalue weighted by atomic mass is 10.1. The fraction of sp³-hybridized carbons (Fsp3) is 0.350. The highest BCUT2D eigenvalue weighted by Crippen LogP contribution is 2.25. The van der Waals surface area contributed by atoms with Gasteiger partial charge in [0, 0.05) is 11.7 Å². The van der Waals surface area contributed by atoms with Gasteiger partial charge in [-0.15, -0.1) is 0 Å². The molecule has 0 heterocycles. The van der Waals surface area contributed by atoms with Crippen LogP contribution < -0.4 is 10.6 Å². The predicted octanol–water partition coefficient (Wildman–Crippen LogP) is 4.67. The zero-order valence-corrected chi connectivity index (χ0v) is 14.6. The minimum Gasteiger partial charge on any atom is -0.369 e. The minimum atomic E-state index is 0.236. The van der Waals surface area contributed by atoms with Crippen LogP contribution in [0.15, 0.2) is 53.5 Å². The summed E-state index contributed by atoms with van der Waals surface area (Å²) in [6.45, 7) is 8.58. The number of aliphatic imine (C=N–C) groups is 1. The van der Waals surface area contributed by atoms with E-state index in [-0.39, 0.29) is 6.04 Å². The zero-order chi connectivity index (χ0) is 16.8. The number of nitrogens with two attached hydrogens (primary N) is 1. The summed E-state index contributed by atoms with van der Waals surface area (Å²) in [6.07, 6.45) is 1.92. The first kappa shape index (κ1) is 17.1. The second-order valence-electron chi connectivity index (χ2n) is 5.90. The van der Waals surface area contributed by atoms with Crippen molar-refractivity contribution in [1.82, 2.24) is 0 Å². The van der Waals surface area contributed by atoms with E-state index in [1.807, 2.05) is 18.2 Å². The Morgan fingerprint density at radius 1 is 0.957 bits per heavy atom. The van der Waals surface area contributed by atoms with Crippen molar-refractivity contribution in [3.8, 4) is 0 Å². The van der Waals surface area contributed by atoms with Crippen LogP contribution in [0.5, 0.6) is 0 Å². The molecular weight excluding hydrogens is 282 g/mol. The Kier molecular flexibility index (Phi) is 5.80. The van der Waals surface area contributed by atoms with Crippen molar-refractivity contribution in [3.63, 3.8) is 0 Å². The molecule has 0 fully saturated rings. The van der Waals surface area contributed by atoms with Crippen LogP contribution in [0.3, 0.4) is 0 Å². The molecule has 0 bridgehead atoms. The van der Waals surface area contributed by atoms with E-state index < -0.39 is 0 Å². The van der Waals surface area contributed by atoms with E-state index in [0.717, 1.165) is 24.2 Å². The lowest BCUT2D eigenvalue weighted by Crippen LogP contribution is -2.42. The van der Waals surface area contributed by atoms with Crippen LogP contribution in [-0.4, -0.2) is 12.0 Å². The minimum absolute atomic E-state index is 0.236. The van der Waals surface area contributed by atoms with Crippen molar-refractivity contribution in [3.05, 3.63) is 59.7 Å². The SMILES string of the molecule is CCc1ccccc1N=C(N)N(c1ccccc1CC)C(C)C. The van der Waals surface area contributed by atoms with Crippen molar-refractivity contribution in [2.24, 2.45) is 10.7 Å². The van der Waals surface area contributed by atoms with E-state index in [4.69, 9.17) is 10.7 Å². The Morgan fingerprint density at radius 3 is 2.13 bits per heavy atom. The molecule has 2 rings (SSSR count). The van der Waals surface area contributed by atoms with Gasteiger partial charge in [0.15, 0.2) is 0 Å². The fourth-order valence-electron chi connectivity index (χ4n) is 2.81. The average molecular weight is 309 g/mol. The van der Waals surface area contributed by atoms with E-state index in [2.05, 4.69) is 62.9 Å². The molecule has 0 aromatic heterocycles. The van der Waals surface area contributed by atoms with Gasteiger partial charge in [0.05, 0.1) is 5.69 Å². The Hall–Kier alpha value is -2.29. The summed E-state index contributed by atoms with van der Waals surface area (Å²) < 4.78 is 0. The van der Waals surface area contributed by atoms with E-state index in [0.29, 0.717) is 5.96 Å². The van der Waals surface area contributed by atoms with Crippen molar-refractivity contribution in [2.75, 3.05) is 4.90 Å². The molecule has 2 N–H and O–H groups in total. The molecule has 0 aliphatic carbocycles. The Labute approximate surface area is 139 Å². The molecule has 0 amide bonds. The van der Waals surface area contributed by atoms with Crippen molar-refractivity contribution < 1.29 is 0 Å². The second-order valence-corrected chi connectivity index (χ2v) is 5.90. The van der Waals surface area contributed by atoms with E-state index in [9.17, 15) is 0 Å². The molecule has 3 nitrogen and oxygen atoms in total. The number of rotatable bonds is 5. The molecule has 2 aromatic rings. The van der Waals surface area contributed by atoms with Gasteiger partial charge >= 0.3 is 0 Å². The standard InChI is InChI=1S/C20H27N3/c1-5-16-11-7-9-13-18(16)22-20(21)23(15(3)4)19-14-10-8-12-17(19)6-2/h7-15H,5-6H2,1-4H3,(H2,21,22). The van der Waals surface area contributed by atoms with Crippen LogP contribution in [0.2, 0.25) is 0 Å². The van der Waals surface area contributed by atoms with Gasteiger partial charge in [0.2, 0.25) is 5.96 Å². The van der Waals surface area contributed by atoms with Gasteiger partial charge in [0.25, 0.3) is 0 Å². The van der Waals surface area contributed by atoms with Crippen molar-refractivity contribution >= 4 is 17.3 Å². The Balaban J connectivity index is 2.47. The van der Waals surface area contributed by atoms with Crippen LogP contribution in [0.25, 0.3) is 0 Å². The summed E-state index contributed by atoms with van der Waals surface area (Å²) >= 11 is 0. The molecule has 122 valence electrons. The molecule has 0 saturated heterocycles. The monoisotopic (exact) mass is 309 g/mol. The quantitative estimate of drug-likeness (QED) is 0.644. The van der Waals surface area contributed by atoms with Gasteiger partial charge in [-0.3, -0.25) is 0 Å². The summed E-state index contributed by atoms with van der Waals surface area (Å²) in [7, 11) is 0. The van der Waals surface area contributed by atoms with Crippen molar-refractivity contribution in [1.29, 1.82) is 0 Å². The van der Waals surface area contributed by atoms with Gasteiger partial charge < -0.3 is 10.6 Å². The predicted molar refractivity (Wildman–Crippen MR) is 101 cm³/mol. The van der Waals surface area contributed by atoms with Crippen LogP contribution in [0.1, 0.15) is 38.8 Å². The second kappa shape index (κ2) is 7.82. The molecule has 23 heavy (non-hydrogen) atoms. The van der Waals surface area contributed by atoms with Gasteiger partial charge in [-0.1, -0.05) is 50.2 Å². The lowest BCUT2D eigenvalue weighted by Gasteiger charge is -2.29. The van der Waals surface area contributed by atoms with Crippen LogP contribution in [0.4, 0.5) is 11.4 Å². The number of aryl methyl sites for hydroxylation is 2. The fourth-order valence-corrected chi connectivity index (χ4v) is 2.81. The third-order valence-electron chi connectivity index (χ3n) is 4.00. The molecule has 0 saturated carbocycles. The van der Waals surface area contributed by atoms with Crippen LogP contribution >= 0.6 is 0 Å². The maximum atomic E-state index is 6.41. The van der Waals surface area contributed by atoms with Gasteiger partial charge in [-0.2, -0.15) is 0 Å².